The van der Waals surface area contributed by atoms with Crippen LogP contribution in [0.15, 0.2) is 30.5 Å². The first-order valence-electron chi connectivity index (χ1n) is 9.99. The molecular formula is C21H27FN6. The van der Waals surface area contributed by atoms with Crippen molar-refractivity contribution >= 4 is 16.9 Å². The molecule has 7 heteroatoms. The van der Waals surface area contributed by atoms with Crippen molar-refractivity contribution in [3.63, 3.8) is 0 Å². The standard InChI is InChI=1S/C21H27FN6/c1-13(2)11-17(23)14-5-4-10-28(12-14)18-8-7-16(22)20(25-18)19-15-6-3-9-24-21(15)27-26-19/h3,6-9,13-14,17H,4-5,10-12,23H2,1-2H3,(H,24,26,27). The van der Waals surface area contributed by atoms with Gasteiger partial charge in [0, 0.05) is 30.7 Å². The third-order valence-electron chi connectivity index (χ3n) is 5.52. The van der Waals surface area contributed by atoms with E-state index in [-0.39, 0.29) is 17.6 Å². The molecule has 28 heavy (non-hydrogen) atoms. The molecule has 0 radical (unpaired) electrons. The van der Waals surface area contributed by atoms with Gasteiger partial charge in [0.05, 0.1) is 0 Å². The number of nitrogens with one attached hydrogen (secondary N) is 1. The topological polar surface area (TPSA) is 83.7 Å². The molecule has 0 aliphatic carbocycles. The minimum Gasteiger partial charge on any atom is -0.356 e. The van der Waals surface area contributed by atoms with E-state index in [9.17, 15) is 4.39 Å². The summed E-state index contributed by atoms with van der Waals surface area (Å²) in [5, 5.41) is 7.88. The van der Waals surface area contributed by atoms with Crippen molar-refractivity contribution in [1.82, 2.24) is 20.2 Å². The maximum Gasteiger partial charge on any atom is 0.155 e. The van der Waals surface area contributed by atoms with Gasteiger partial charge < -0.3 is 10.6 Å². The first kappa shape index (κ1) is 18.8. The smallest absolute Gasteiger partial charge is 0.155 e. The number of nitrogens with two attached hydrogens (primary N) is 1. The molecule has 1 fully saturated rings. The molecule has 0 saturated carbocycles. The summed E-state index contributed by atoms with van der Waals surface area (Å²) in [4.78, 5) is 11.1. The minimum atomic E-state index is -0.383. The van der Waals surface area contributed by atoms with E-state index in [1.54, 1.807) is 12.3 Å². The van der Waals surface area contributed by atoms with Crippen LogP contribution in [0, 0.1) is 17.7 Å². The van der Waals surface area contributed by atoms with Gasteiger partial charge in [0.2, 0.25) is 0 Å². The molecule has 3 aromatic heterocycles. The van der Waals surface area contributed by atoms with Crippen LogP contribution in [-0.4, -0.2) is 39.3 Å². The van der Waals surface area contributed by atoms with Gasteiger partial charge in [0.1, 0.15) is 17.2 Å². The van der Waals surface area contributed by atoms with Crippen LogP contribution < -0.4 is 10.6 Å². The monoisotopic (exact) mass is 382 g/mol. The van der Waals surface area contributed by atoms with Gasteiger partial charge in [-0.25, -0.2) is 14.4 Å². The highest BCUT2D eigenvalue weighted by Gasteiger charge is 2.27. The first-order valence-corrected chi connectivity index (χ1v) is 9.99. The number of piperidine rings is 1. The van der Waals surface area contributed by atoms with E-state index in [0.717, 1.165) is 43.6 Å². The molecule has 3 N–H and O–H groups in total. The zero-order valence-electron chi connectivity index (χ0n) is 16.4. The molecule has 3 aromatic rings. The van der Waals surface area contributed by atoms with Crippen LogP contribution in [-0.2, 0) is 0 Å². The van der Waals surface area contributed by atoms with E-state index >= 15 is 0 Å². The van der Waals surface area contributed by atoms with Crippen LogP contribution >= 0.6 is 0 Å². The number of pyridine rings is 2. The zero-order chi connectivity index (χ0) is 19.7. The van der Waals surface area contributed by atoms with Gasteiger partial charge in [0.15, 0.2) is 11.5 Å². The molecule has 6 nitrogen and oxygen atoms in total. The Hall–Kier alpha value is -2.54. The van der Waals surface area contributed by atoms with E-state index < -0.39 is 0 Å². The third-order valence-corrected chi connectivity index (χ3v) is 5.52. The fourth-order valence-corrected chi connectivity index (χ4v) is 4.11. The average Bonchev–Trinajstić information content (AvgIpc) is 3.12. The predicted molar refractivity (Wildman–Crippen MR) is 109 cm³/mol. The van der Waals surface area contributed by atoms with E-state index in [0.29, 0.717) is 23.2 Å². The Morgan fingerprint density at radius 2 is 2.14 bits per heavy atom. The van der Waals surface area contributed by atoms with Crippen molar-refractivity contribution in [2.45, 2.75) is 39.2 Å². The van der Waals surface area contributed by atoms with Gasteiger partial charge >= 0.3 is 0 Å². The number of aromatic amines is 1. The Kier molecular flexibility index (Phi) is 5.26. The van der Waals surface area contributed by atoms with Gasteiger partial charge in [-0.1, -0.05) is 13.8 Å². The van der Waals surface area contributed by atoms with Crippen LogP contribution in [0.5, 0.6) is 0 Å². The van der Waals surface area contributed by atoms with E-state index in [2.05, 4.69) is 38.9 Å². The molecule has 148 valence electrons. The molecule has 2 unspecified atom stereocenters. The predicted octanol–water partition coefficient (Wildman–Crippen LogP) is 3.75. The normalized spacial score (nSPS) is 18.8. The number of H-pyrrole nitrogens is 1. The highest BCUT2D eigenvalue weighted by molar-refractivity contribution is 5.89. The summed E-state index contributed by atoms with van der Waals surface area (Å²) in [6.07, 6.45) is 4.90. The first-order chi connectivity index (χ1) is 13.5. The van der Waals surface area contributed by atoms with Crippen LogP contribution in [0.3, 0.4) is 0 Å². The van der Waals surface area contributed by atoms with Gasteiger partial charge in [-0.15, -0.1) is 0 Å². The maximum atomic E-state index is 14.6. The lowest BCUT2D eigenvalue weighted by molar-refractivity contribution is 0.313. The second-order valence-electron chi connectivity index (χ2n) is 8.11. The number of anilines is 1. The molecule has 4 heterocycles. The van der Waals surface area contributed by atoms with Gasteiger partial charge in [-0.05, 0) is 55.4 Å². The third kappa shape index (κ3) is 3.71. The minimum absolute atomic E-state index is 0.184. The summed E-state index contributed by atoms with van der Waals surface area (Å²) >= 11 is 0. The second kappa shape index (κ2) is 7.83. The number of halogens is 1. The van der Waals surface area contributed by atoms with Crippen molar-refractivity contribution < 1.29 is 4.39 Å². The molecule has 1 aliphatic heterocycles. The van der Waals surface area contributed by atoms with Gasteiger partial charge in [-0.3, -0.25) is 5.10 Å². The molecule has 0 amide bonds. The van der Waals surface area contributed by atoms with Crippen LogP contribution in [0.4, 0.5) is 10.2 Å². The number of rotatable bonds is 5. The van der Waals surface area contributed by atoms with Gasteiger partial charge in [0.25, 0.3) is 0 Å². The van der Waals surface area contributed by atoms with Crippen molar-refractivity contribution in [3.8, 4) is 11.4 Å². The van der Waals surface area contributed by atoms with Crippen molar-refractivity contribution in [2.75, 3.05) is 18.0 Å². The maximum absolute atomic E-state index is 14.6. The lowest BCUT2D eigenvalue weighted by Crippen LogP contribution is -2.44. The Labute approximate surface area is 164 Å². The van der Waals surface area contributed by atoms with Crippen molar-refractivity contribution in [1.29, 1.82) is 0 Å². The van der Waals surface area contributed by atoms with Crippen molar-refractivity contribution in [2.24, 2.45) is 17.6 Å². The lowest BCUT2D eigenvalue weighted by atomic mass is 9.86. The highest BCUT2D eigenvalue weighted by atomic mass is 19.1. The summed E-state index contributed by atoms with van der Waals surface area (Å²) in [6, 6.07) is 7.10. The van der Waals surface area contributed by atoms with E-state index in [1.165, 1.54) is 6.07 Å². The molecule has 4 rings (SSSR count). The summed E-state index contributed by atoms with van der Waals surface area (Å²) in [5.41, 5.74) is 7.83. The molecule has 0 bridgehead atoms. The number of nitrogens with zero attached hydrogens (tertiary/aromatic N) is 4. The Balaban J connectivity index is 1.62. The number of fused-ring (bicyclic) bond motifs is 1. The van der Waals surface area contributed by atoms with Crippen LogP contribution in [0.1, 0.15) is 33.1 Å². The number of aromatic nitrogens is 4. The Morgan fingerprint density at radius 1 is 1.29 bits per heavy atom. The molecule has 2 atom stereocenters. The Bertz CT molecular complexity index is 953. The SMILES string of the molecule is CC(C)CC(N)C1CCCN(c2ccc(F)c(-c3n[nH]c4ncccc34)n2)C1. The molecule has 1 saturated heterocycles. The molecular weight excluding hydrogens is 355 g/mol. The molecule has 0 spiro atoms. The van der Waals surface area contributed by atoms with Crippen molar-refractivity contribution in [3.05, 3.63) is 36.3 Å². The number of hydrogen-bond donors (Lipinski definition) is 2. The quantitative estimate of drug-likeness (QED) is 0.702. The largest absolute Gasteiger partial charge is 0.356 e. The fourth-order valence-electron chi connectivity index (χ4n) is 4.11. The van der Waals surface area contributed by atoms with E-state index in [1.807, 2.05) is 12.1 Å². The Morgan fingerprint density at radius 3 is 2.96 bits per heavy atom. The lowest BCUT2D eigenvalue weighted by Gasteiger charge is -2.37. The zero-order valence-corrected chi connectivity index (χ0v) is 16.4. The van der Waals surface area contributed by atoms with E-state index in [4.69, 9.17) is 5.73 Å². The average molecular weight is 382 g/mol. The fraction of sp³-hybridized carbons (Fsp3) is 0.476. The number of hydrogen-bond acceptors (Lipinski definition) is 5. The highest BCUT2D eigenvalue weighted by Crippen LogP contribution is 2.30. The summed E-state index contributed by atoms with van der Waals surface area (Å²) in [6.45, 7) is 6.18. The molecule has 0 aromatic carbocycles. The van der Waals surface area contributed by atoms with Crippen LogP contribution in [0.2, 0.25) is 0 Å². The van der Waals surface area contributed by atoms with Crippen LogP contribution in [0.25, 0.3) is 22.4 Å². The van der Waals surface area contributed by atoms with Gasteiger partial charge in [-0.2, -0.15) is 5.10 Å². The summed E-state index contributed by atoms with van der Waals surface area (Å²) in [7, 11) is 0. The summed E-state index contributed by atoms with van der Waals surface area (Å²) in [5.74, 6) is 1.41. The summed E-state index contributed by atoms with van der Waals surface area (Å²) < 4.78 is 14.6. The second-order valence-corrected chi connectivity index (χ2v) is 8.11. The molecule has 1 aliphatic rings.